The average molecular weight is 375 g/mol. The van der Waals surface area contributed by atoms with Gasteiger partial charge in [-0.1, -0.05) is 49.3 Å². The summed E-state index contributed by atoms with van der Waals surface area (Å²) < 4.78 is 1.78. The molecule has 2 aromatic rings. The van der Waals surface area contributed by atoms with Crippen molar-refractivity contribution in [1.82, 2.24) is 14.5 Å². The highest BCUT2D eigenvalue weighted by molar-refractivity contribution is 5.74. The summed E-state index contributed by atoms with van der Waals surface area (Å²) in [5.41, 5.74) is 0.688. The van der Waals surface area contributed by atoms with E-state index in [-0.39, 0.29) is 11.5 Å². The molecular formula is C23H25N3O2. The summed E-state index contributed by atoms with van der Waals surface area (Å²) in [6, 6.07) is 9.14. The van der Waals surface area contributed by atoms with Crippen molar-refractivity contribution in [1.29, 1.82) is 0 Å². The number of nitrogens with zero attached hydrogens (tertiary/aromatic N) is 2. The van der Waals surface area contributed by atoms with Crippen LogP contribution < -0.4 is 11.1 Å². The zero-order valence-corrected chi connectivity index (χ0v) is 15.9. The fourth-order valence-electron chi connectivity index (χ4n) is 6.20. The molecule has 1 spiro atoms. The smallest absolute Gasteiger partial charge is 0.316 e. The Morgan fingerprint density at radius 1 is 1.04 bits per heavy atom. The fourth-order valence-corrected chi connectivity index (χ4v) is 6.20. The van der Waals surface area contributed by atoms with Crippen LogP contribution in [0.15, 0.2) is 58.2 Å². The van der Waals surface area contributed by atoms with Crippen LogP contribution >= 0.6 is 0 Å². The number of rotatable bonds is 2. The summed E-state index contributed by atoms with van der Waals surface area (Å²) in [6.07, 6.45) is 16.7. The van der Waals surface area contributed by atoms with Gasteiger partial charge in [0, 0.05) is 23.5 Å². The minimum absolute atomic E-state index is 0.0383. The molecule has 1 saturated heterocycles. The van der Waals surface area contributed by atoms with Crippen LogP contribution in [-0.4, -0.2) is 32.6 Å². The predicted octanol–water partition coefficient (Wildman–Crippen LogP) is 3.13. The second-order valence-electron chi connectivity index (χ2n) is 8.80. The van der Waals surface area contributed by atoms with Gasteiger partial charge in [-0.2, -0.15) is 0 Å². The highest BCUT2D eigenvalue weighted by Gasteiger charge is 2.74. The molecule has 3 aliphatic carbocycles. The highest BCUT2D eigenvalue weighted by Crippen LogP contribution is 2.69. The summed E-state index contributed by atoms with van der Waals surface area (Å²) in [5, 5.41) is 0. The van der Waals surface area contributed by atoms with E-state index in [2.05, 4.69) is 34.2 Å². The van der Waals surface area contributed by atoms with Gasteiger partial charge in [-0.15, -0.1) is 0 Å². The molecule has 5 nitrogen and oxygen atoms in total. The van der Waals surface area contributed by atoms with Crippen LogP contribution in [-0.2, 0) is 0 Å². The third-order valence-corrected chi connectivity index (χ3v) is 7.61. The number of H-pyrrole nitrogens is 1. The van der Waals surface area contributed by atoms with E-state index in [0.29, 0.717) is 18.1 Å². The number of para-hydroxylation sites is 2. The lowest BCUT2D eigenvalue weighted by Crippen LogP contribution is -2.84. The Morgan fingerprint density at radius 3 is 2.75 bits per heavy atom. The molecule has 6 rings (SSSR count). The summed E-state index contributed by atoms with van der Waals surface area (Å²) in [6.45, 7) is 0. The molecule has 2 unspecified atom stereocenters. The Balaban J connectivity index is 1.38. The zero-order chi connectivity index (χ0) is 18.9. The number of aromatic amines is 1. The van der Waals surface area contributed by atoms with E-state index in [1.54, 1.807) is 4.57 Å². The summed E-state index contributed by atoms with van der Waals surface area (Å²) in [7, 11) is 0. The lowest BCUT2D eigenvalue weighted by Gasteiger charge is -2.77. The Morgan fingerprint density at radius 2 is 1.93 bits per heavy atom. The van der Waals surface area contributed by atoms with Crippen LogP contribution in [0.25, 0.3) is 11.0 Å². The van der Waals surface area contributed by atoms with E-state index in [1.807, 2.05) is 24.3 Å². The molecule has 1 aromatic carbocycles. The molecule has 1 saturated carbocycles. The number of hydrogen-bond donors (Lipinski definition) is 1. The fraction of sp³-hybridized carbons (Fsp3) is 0.478. The topological polar surface area (TPSA) is 58.1 Å². The maximum Gasteiger partial charge on any atom is 0.317 e. The molecule has 1 aliphatic heterocycles. The van der Waals surface area contributed by atoms with E-state index in [1.165, 1.54) is 32.1 Å². The minimum Gasteiger partial charge on any atom is -0.316 e. The molecule has 4 aliphatic rings. The van der Waals surface area contributed by atoms with Crippen molar-refractivity contribution in [3.05, 3.63) is 69.3 Å². The molecule has 144 valence electrons. The first-order valence-electron chi connectivity index (χ1n) is 10.6. The first-order valence-corrected chi connectivity index (χ1v) is 10.6. The van der Waals surface area contributed by atoms with E-state index < -0.39 is 11.1 Å². The van der Waals surface area contributed by atoms with E-state index in [4.69, 9.17) is 0 Å². The predicted molar refractivity (Wildman–Crippen MR) is 109 cm³/mol. The molecule has 0 bridgehead atoms. The Bertz CT molecular complexity index is 1130. The van der Waals surface area contributed by atoms with Gasteiger partial charge in [0.05, 0.1) is 17.1 Å². The molecule has 0 radical (unpaired) electrons. The normalized spacial score (nSPS) is 37.6. The molecule has 5 atom stereocenters. The number of benzene rings is 1. The number of likely N-dealkylation sites (tertiary alicyclic amines) is 1. The number of hydrogen-bond acceptors (Lipinski definition) is 3. The second kappa shape index (κ2) is 5.80. The molecule has 28 heavy (non-hydrogen) atoms. The van der Waals surface area contributed by atoms with Gasteiger partial charge in [0.1, 0.15) is 0 Å². The van der Waals surface area contributed by atoms with Gasteiger partial charge in [0.2, 0.25) is 0 Å². The quantitative estimate of drug-likeness (QED) is 0.648. The van der Waals surface area contributed by atoms with E-state index >= 15 is 0 Å². The van der Waals surface area contributed by atoms with Gasteiger partial charge in [-0.3, -0.25) is 19.1 Å². The van der Waals surface area contributed by atoms with Gasteiger partial charge in [0.25, 0.3) is 0 Å². The number of aromatic nitrogens is 2. The van der Waals surface area contributed by atoms with Crippen molar-refractivity contribution in [3.8, 4) is 0 Å². The Kier molecular flexibility index (Phi) is 3.43. The minimum atomic E-state index is -0.516. The maximum absolute atomic E-state index is 12.8. The third kappa shape index (κ3) is 1.95. The van der Waals surface area contributed by atoms with Crippen LogP contribution in [0.2, 0.25) is 0 Å². The number of fused-ring (bicyclic) bond motifs is 1. The first kappa shape index (κ1) is 16.5. The van der Waals surface area contributed by atoms with Gasteiger partial charge in [-0.05, 0) is 37.8 Å². The monoisotopic (exact) mass is 375 g/mol. The molecule has 2 fully saturated rings. The molecule has 2 heterocycles. The van der Waals surface area contributed by atoms with Crippen LogP contribution in [0.1, 0.15) is 44.6 Å². The summed E-state index contributed by atoms with van der Waals surface area (Å²) in [5.74, 6) is 0. The molecular weight excluding hydrogens is 350 g/mol. The molecule has 1 N–H and O–H groups in total. The largest absolute Gasteiger partial charge is 0.317 e. The number of piperidine rings is 1. The SMILES string of the molecule is O=c1[nH]c2ccccc2n([C@@H]2C[C@H]3N(C4/C=C\CCCCC4)[C@@H]4C=CC432)c1=O. The van der Waals surface area contributed by atoms with Crippen molar-refractivity contribution in [3.63, 3.8) is 0 Å². The first-order chi connectivity index (χ1) is 13.7. The summed E-state index contributed by atoms with van der Waals surface area (Å²) >= 11 is 0. The van der Waals surface area contributed by atoms with Gasteiger partial charge in [-0.25, -0.2) is 0 Å². The van der Waals surface area contributed by atoms with E-state index in [9.17, 15) is 9.59 Å². The Labute approximate surface area is 163 Å². The van der Waals surface area contributed by atoms with Crippen molar-refractivity contribution >= 4 is 11.0 Å². The van der Waals surface area contributed by atoms with Gasteiger partial charge >= 0.3 is 11.1 Å². The van der Waals surface area contributed by atoms with Crippen LogP contribution in [0.5, 0.6) is 0 Å². The zero-order valence-electron chi connectivity index (χ0n) is 15.9. The number of allylic oxidation sites excluding steroid dienone is 1. The lowest BCUT2D eigenvalue weighted by molar-refractivity contribution is -0.221. The van der Waals surface area contributed by atoms with Crippen molar-refractivity contribution in [2.75, 3.05) is 0 Å². The molecule has 5 heteroatoms. The second-order valence-corrected chi connectivity index (χ2v) is 8.80. The standard InChI is InChI=1S/C23H25N3O2/c27-21-22(28)26(17-11-7-6-10-16(17)24-21)20-14-19-23(20)13-12-18(23)25(19)15-8-4-2-1-3-5-9-15/h4,6-8,10-13,15,18-20H,1-3,5,9,14H2,(H,24,27)/b8-4-/t15?,18-,19-,20-,23?/m1/s1. The van der Waals surface area contributed by atoms with Crippen LogP contribution in [0.3, 0.4) is 0 Å². The third-order valence-electron chi connectivity index (χ3n) is 7.61. The van der Waals surface area contributed by atoms with Crippen molar-refractivity contribution < 1.29 is 0 Å². The van der Waals surface area contributed by atoms with E-state index in [0.717, 1.165) is 17.5 Å². The van der Waals surface area contributed by atoms with Crippen LogP contribution in [0, 0.1) is 5.41 Å². The van der Waals surface area contributed by atoms with Crippen LogP contribution in [0.4, 0.5) is 0 Å². The van der Waals surface area contributed by atoms with Crippen molar-refractivity contribution in [2.24, 2.45) is 5.41 Å². The average Bonchev–Trinajstić information content (AvgIpc) is 2.62. The summed E-state index contributed by atoms with van der Waals surface area (Å²) in [4.78, 5) is 30.5. The van der Waals surface area contributed by atoms with Crippen molar-refractivity contribution in [2.45, 2.75) is 62.7 Å². The Hall–Kier alpha value is -2.40. The molecule has 1 aromatic heterocycles. The number of nitrogens with one attached hydrogen (secondary N) is 1. The highest BCUT2D eigenvalue weighted by atomic mass is 16.2. The molecule has 0 amide bonds. The lowest BCUT2D eigenvalue weighted by atomic mass is 9.43. The van der Waals surface area contributed by atoms with Gasteiger partial charge in [0.15, 0.2) is 0 Å². The maximum atomic E-state index is 12.8. The van der Waals surface area contributed by atoms with Gasteiger partial charge < -0.3 is 4.98 Å².